The first kappa shape index (κ1) is 23.9. The number of carbonyl (C=O) groups excluding carboxylic acids is 1. The Kier molecular flexibility index (Phi) is 6.67. The molecule has 178 valence electrons. The molecule has 5 rings (SSSR count). The van der Waals surface area contributed by atoms with Crippen molar-refractivity contribution in [3.8, 4) is 5.75 Å². The Bertz CT molecular complexity index is 1560. The van der Waals surface area contributed by atoms with Gasteiger partial charge in [-0.25, -0.2) is 9.79 Å². The number of cyclic esters (lactones) is 1. The topological polar surface area (TPSA) is 91.0 Å². The molecule has 0 atom stereocenters. The zero-order chi connectivity index (χ0) is 25.2. The smallest absolute Gasteiger partial charge is 0.363 e. The molecule has 0 amide bonds. The van der Waals surface area contributed by atoms with E-state index in [9.17, 15) is 14.9 Å². The second-order valence-electron chi connectivity index (χ2n) is 7.92. The van der Waals surface area contributed by atoms with Gasteiger partial charge in [0.25, 0.3) is 5.69 Å². The number of esters is 1. The molecule has 0 radical (unpaired) electrons. The Morgan fingerprint density at radius 1 is 0.944 bits per heavy atom. The molecule has 1 aliphatic heterocycles. The third-order valence-electron chi connectivity index (χ3n) is 5.47. The largest absolute Gasteiger partial charge is 0.487 e. The molecule has 9 heteroatoms. The number of non-ortho nitro benzene ring substituents is 1. The zero-order valence-corrected chi connectivity index (χ0v) is 21.7. The minimum Gasteiger partial charge on any atom is -0.487 e. The minimum absolute atomic E-state index is 0.0235. The Morgan fingerprint density at radius 3 is 2.33 bits per heavy atom. The number of nitro benzene ring substituents is 1. The van der Waals surface area contributed by atoms with E-state index >= 15 is 0 Å². The molecule has 0 spiro atoms. The van der Waals surface area contributed by atoms with Gasteiger partial charge in [0.1, 0.15) is 12.4 Å². The Hall–Kier alpha value is -3.82. The van der Waals surface area contributed by atoms with E-state index in [1.807, 2.05) is 42.5 Å². The summed E-state index contributed by atoms with van der Waals surface area (Å²) in [5.74, 6) is 0.298. The van der Waals surface area contributed by atoms with Crippen molar-refractivity contribution in [3.63, 3.8) is 0 Å². The number of hydrogen-bond donors (Lipinski definition) is 0. The van der Waals surface area contributed by atoms with Crippen LogP contribution in [0.5, 0.6) is 5.75 Å². The second-order valence-corrected chi connectivity index (χ2v) is 9.63. The summed E-state index contributed by atoms with van der Waals surface area (Å²) in [4.78, 5) is 27.3. The number of fused-ring (bicyclic) bond motifs is 1. The standard InChI is InChI=1S/C27H16Br2N2O5/c28-22-11-17(12-23(29)25(22)35-15-16-5-9-21(10-6-16)31(33)34)13-24-27(32)36-26(30-24)20-8-7-18-3-1-2-4-19(18)14-20/h1-14H,15H2/b24-13-. The molecule has 0 saturated heterocycles. The monoisotopic (exact) mass is 606 g/mol. The van der Waals surface area contributed by atoms with Gasteiger partial charge in [-0.05, 0) is 96.2 Å². The summed E-state index contributed by atoms with van der Waals surface area (Å²) in [5, 5.41) is 12.9. The molecule has 36 heavy (non-hydrogen) atoms. The van der Waals surface area contributed by atoms with Crippen LogP contribution >= 0.6 is 31.9 Å². The average Bonchev–Trinajstić information content (AvgIpc) is 3.23. The highest BCUT2D eigenvalue weighted by Crippen LogP contribution is 2.36. The summed E-state index contributed by atoms with van der Waals surface area (Å²) >= 11 is 7.03. The molecule has 0 unspecified atom stereocenters. The van der Waals surface area contributed by atoms with E-state index in [0.29, 0.717) is 20.3 Å². The van der Waals surface area contributed by atoms with Gasteiger partial charge >= 0.3 is 5.97 Å². The molecule has 1 heterocycles. The molecule has 4 aromatic rings. The predicted octanol–water partition coefficient (Wildman–Crippen LogP) is 7.20. The normalized spacial score (nSPS) is 14.1. The fraction of sp³-hybridized carbons (Fsp3) is 0.0370. The quantitative estimate of drug-likeness (QED) is 0.100. The number of rotatable bonds is 6. The average molecular weight is 608 g/mol. The number of hydrogen-bond acceptors (Lipinski definition) is 6. The lowest BCUT2D eigenvalue weighted by Gasteiger charge is -2.11. The molecule has 0 N–H and O–H groups in total. The van der Waals surface area contributed by atoms with Crippen molar-refractivity contribution in [2.45, 2.75) is 6.61 Å². The number of nitrogens with zero attached hydrogens (tertiary/aromatic N) is 2. The number of ether oxygens (including phenoxy) is 2. The predicted molar refractivity (Wildman–Crippen MR) is 144 cm³/mol. The Labute approximate surface area is 222 Å². The van der Waals surface area contributed by atoms with Crippen molar-refractivity contribution in [1.29, 1.82) is 0 Å². The van der Waals surface area contributed by atoms with Crippen LogP contribution in [0.3, 0.4) is 0 Å². The first-order chi connectivity index (χ1) is 17.4. The van der Waals surface area contributed by atoms with E-state index in [1.165, 1.54) is 12.1 Å². The van der Waals surface area contributed by atoms with Crippen LogP contribution in [0.25, 0.3) is 16.8 Å². The number of benzene rings is 4. The van der Waals surface area contributed by atoms with Gasteiger partial charge in [-0.1, -0.05) is 30.3 Å². The van der Waals surface area contributed by atoms with Gasteiger partial charge in [-0.2, -0.15) is 0 Å². The minimum atomic E-state index is -0.524. The van der Waals surface area contributed by atoms with Gasteiger partial charge in [0.2, 0.25) is 5.90 Å². The van der Waals surface area contributed by atoms with Crippen molar-refractivity contribution < 1.29 is 19.2 Å². The molecule has 0 aromatic heterocycles. The molecule has 0 aliphatic carbocycles. The summed E-state index contributed by atoms with van der Waals surface area (Å²) in [6.45, 7) is 0.224. The third kappa shape index (κ3) is 5.07. The Balaban J connectivity index is 1.35. The molecule has 0 saturated carbocycles. The lowest BCUT2D eigenvalue weighted by Crippen LogP contribution is -2.05. The highest BCUT2D eigenvalue weighted by atomic mass is 79.9. The van der Waals surface area contributed by atoms with Crippen molar-refractivity contribution in [3.05, 3.63) is 120 Å². The Morgan fingerprint density at radius 2 is 1.64 bits per heavy atom. The maximum atomic E-state index is 12.5. The van der Waals surface area contributed by atoms with Crippen LogP contribution in [0.15, 0.2) is 98.5 Å². The van der Waals surface area contributed by atoms with Gasteiger partial charge in [0.15, 0.2) is 5.70 Å². The van der Waals surface area contributed by atoms with Crippen molar-refractivity contribution >= 4 is 66.3 Å². The molecule has 4 aromatic carbocycles. The van der Waals surface area contributed by atoms with Crippen LogP contribution in [-0.4, -0.2) is 16.8 Å². The first-order valence-corrected chi connectivity index (χ1v) is 12.3. The van der Waals surface area contributed by atoms with Crippen molar-refractivity contribution in [2.75, 3.05) is 0 Å². The number of aliphatic imine (C=N–C) groups is 1. The van der Waals surface area contributed by atoms with Gasteiger partial charge in [-0.3, -0.25) is 10.1 Å². The zero-order valence-electron chi connectivity index (χ0n) is 18.5. The summed E-state index contributed by atoms with van der Waals surface area (Å²) in [6, 6.07) is 23.5. The van der Waals surface area contributed by atoms with Gasteiger partial charge in [0, 0.05) is 17.7 Å². The van der Waals surface area contributed by atoms with Crippen molar-refractivity contribution in [2.24, 2.45) is 4.99 Å². The van der Waals surface area contributed by atoms with Gasteiger partial charge < -0.3 is 9.47 Å². The fourth-order valence-corrected chi connectivity index (χ4v) is 5.13. The summed E-state index contributed by atoms with van der Waals surface area (Å²) in [5.41, 5.74) is 2.44. The van der Waals surface area contributed by atoms with Crippen LogP contribution in [0, 0.1) is 10.1 Å². The maximum absolute atomic E-state index is 12.5. The van der Waals surface area contributed by atoms with Crippen LogP contribution in [-0.2, 0) is 16.1 Å². The van der Waals surface area contributed by atoms with E-state index in [1.54, 1.807) is 30.3 Å². The van der Waals surface area contributed by atoms with E-state index in [2.05, 4.69) is 36.9 Å². The fourth-order valence-electron chi connectivity index (χ4n) is 3.68. The van der Waals surface area contributed by atoms with E-state index in [-0.39, 0.29) is 23.9 Å². The van der Waals surface area contributed by atoms with Crippen molar-refractivity contribution in [1.82, 2.24) is 0 Å². The summed E-state index contributed by atoms with van der Waals surface area (Å²) < 4.78 is 12.7. The van der Waals surface area contributed by atoms with Crippen LogP contribution in [0.1, 0.15) is 16.7 Å². The third-order valence-corrected chi connectivity index (χ3v) is 6.65. The van der Waals surface area contributed by atoms with E-state index in [0.717, 1.165) is 21.9 Å². The molecular weight excluding hydrogens is 592 g/mol. The molecule has 0 fully saturated rings. The highest BCUT2D eigenvalue weighted by Gasteiger charge is 2.24. The van der Waals surface area contributed by atoms with Crippen LogP contribution in [0.4, 0.5) is 5.69 Å². The number of carbonyl (C=O) groups is 1. The molecular formula is C27H16Br2N2O5. The molecule has 1 aliphatic rings. The first-order valence-electron chi connectivity index (χ1n) is 10.7. The maximum Gasteiger partial charge on any atom is 0.363 e. The SMILES string of the molecule is O=C1OC(c2ccc3ccccc3c2)=N/C1=C\c1cc(Br)c(OCc2ccc([N+](=O)[O-])cc2)c(Br)c1. The lowest BCUT2D eigenvalue weighted by molar-refractivity contribution is -0.384. The number of nitro groups is 1. The number of halogens is 2. The van der Waals surface area contributed by atoms with E-state index in [4.69, 9.17) is 9.47 Å². The van der Waals surface area contributed by atoms with Crippen LogP contribution in [0.2, 0.25) is 0 Å². The van der Waals surface area contributed by atoms with E-state index < -0.39 is 10.9 Å². The summed E-state index contributed by atoms with van der Waals surface area (Å²) in [6.07, 6.45) is 1.64. The van der Waals surface area contributed by atoms with Gasteiger partial charge in [0.05, 0.1) is 13.9 Å². The second kappa shape index (κ2) is 10.0. The molecule has 7 nitrogen and oxygen atoms in total. The van der Waals surface area contributed by atoms with Gasteiger partial charge in [-0.15, -0.1) is 0 Å². The summed E-state index contributed by atoms with van der Waals surface area (Å²) in [7, 11) is 0. The highest BCUT2D eigenvalue weighted by molar-refractivity contribution is 9.11. The lowest BCUT2D eigenvalue weighted by atomic mass is 10.1. The molecule has 0 bridgehead atoms. The van der Waals surface area contributed by atoms with Crippen LogP contribution < -0.4 is 4.74 Å².